The first-order valence-corrected chi connectivity index (χ1v) is 6.10. The highest BCUT2D eigenvalue weighted by atomic mass is 16.5. The molecule has 0 atom stereocenters. The number of nitrogens with two attached hydrogens (primary N) is 1. The monoisotopic (exact) mass is 250 g/mol. The lowest BCUT2D eigenvalue weighted by Crippen LogP contribution is -1.90. The van der Waals surface area contributed by atoms with Gasteiger partial charge in [0.15, 0.2) is 0 Å². The predicted molar refractivity (Wildman–Crippen MR) is 77.4 cm³/mol. The number of aryl methyl sites for hydroxylation is 1. The van der Waals surface area contributed by atoms with Crippen LogP contribution in [0.2, 0.25) is 0 Å². The van der Waals surface area contributed by atoms with E-state index in [1.807, 2.05) is 55.5 Å². The van der Waals surface area contributed by atoms with E-state index in [1.54, 1.807) is 6.20 Å². The second kappa shape index (κ2) is 4.61. The molecule has 0 aliphatic carbocycles. The largest absolute Gasteiger partial charge is 0.456 e. The third-order valence-corrected chi connectivity index (χ3v) is 2.87. The summed E-state index contributed by atoms with van der Waals surface area (Å²) in [5, 5.41) is 1.06. The summed E-state index contributed by atoms with van der Waals surface area (Å²) in [4.78, 5) is 4.37. The van der Waals surface area contributed by atoms with Gasteiger partial charge in [0.25, 0.3) is 0 Å². The number of anilines is 1. The summed E-state index contributed by atoms with van der Waals surface area (Å²) in [6.45, 7) is 1.99. The molecule has 3 heteroatoms. The highest BCUT2D eigenvalue weighted by Gasteiger charge is 2.02. The Morgan fingerprint density at radius 3 is 2.68 bits per heavy atom. The molecule has 3 rings (SSSR count). The lowest BCUT2D eigenvalue weighted by molar-refractivity contribution is 0.481. The molecule has 0 fully saturated rings. The van der Waals surface area contributed by atoms with E-state index in [1.165, 1.54) is 0 Å². The van der Waals surface area contributed by atoms with Crippen LogP contribution in [-0.4, -0.2) is 4.98 Å². The number of fused-ring (bicyclic) bond motifs is 1. The van der Waals surface area contributed by atoms with Crippen LogP contribution in [0, 0.1) is 6.92 Å². The first kappa shape index (κ1) is 11.5. The maximum atomic E-state index is 5.81. The number of para-hydroxylation sites is 1. The quantitative estimate of drug-likeness (QED) is 0.701. The Bertz CT molecular complexity index is 717. The summed E-state index contributed by atoms with van der Waals surface area (Å²) in [5.41, 5.74) is 8.54. The molecule has 1 aromatic heterocycles. The Hall–Kier alpha value is -2.55. The molecule has 0 bridgehead atoms. The molecule has 0 saturated heterocycles. The fourth-order valence-corrected chi connectivity index (χ4v) is 2.08. The molecule has 0 amide bonds. The number of pyridine rings is 1. The molecule has 3 nitrogen and oxygen atoms in total. The fraction of sp³-hybridized carbons (Fsp3) is 0.0625. The van der Waals surface area contributed by atoms with E-state index in [2.05, 4.69) is 4.98 Å². The molecule has 2 aromatic carbocycles. The standard InChI is InChI=1S/C16H14N2O/c1-11-6-13(17)9-14(7-11)19-15-8-12-4-2-3-5-16(12)18-10-15/h2-10H,17H2,1H3. The van der Waals surface area contributed by atoms with Gasteiger partial charge in [0, 0.05) is 17.1 Å². The SMILES string of the molecule is Cc1cc(N)cc(Oc2cnc3ccccc3c2)c1. The lowest BCUT2D eigenvalue weighted by Gasteiger charge is -2.08. The van der Waals surface area contributed by atoms with Crippen molar-refractivity contribution in [2.45, 2.75) is 6.92 Å². The van der Waals surface area contributed by atoms with Gasteiger partial charge in [-0.15, -0.1) is 0 Å². The van der Waals surface area contributed by atoms with Crippen LogP contribution in [0.5, 0.6) is 11.5 Å². The average Bonchev–Trinajstić information content (AvgIpc) is 2.37. The molecular formula is C16H14N2O. The van der Waals surface area contributed by atoms with E-state index in [4.69, 9.17) is 10.5 Å². The maximum Gasteiger partial charge on any atom is 0.146 e. The zero-order chi connectivity index (χ0) is 13.2. The van der Waals surface area contributed by atoms with Gasteiger partial charge in [-0.3, -0.25) is 4.98 Å². The van der Waals surface area contributed by atoms with Crippen LogP contribution >= 0.6 is 0 Å². The summed E-state index contributed by atoms with van der Waals surface area (Å²) in [6, 6.07) is 15.6. The van der Waals surface area contributed by atoms with Gasteiger partial charge in [-0.05, 0) is 36.8 Å². The number of benzene rings is 2. The van der Waals surface area contributed by atoms with Crippen molar-refractivity contribution >= 4 is 16.6 Å². The van der Waals surface area contributed by atoms with Crippen molar-refractivity contribution in [3.05, 3.63) is 60.3 Å². The Morgan fingerprint density at radius 2 is 1.84 bits per heavy atom. The zero-order valence-corrected chi connectivity index (χ0v) is 10.6. The van der Waals surface area contributed by atoms with E-state index in [0.717, 1.165) is 22.2 Å². The van der Waals surface area contributed by atoms with Crippen molar-refractivity contribution in [1.82, 2.24) is 4.98 Å². The predicted octanol–water partition coefficient (Wildman–Crippen LogP) is 3.92. The van der Waals surface area contributed by atoms with Crippen LogP contribution < -0.4 is 10.5 Å². The van der Waals surface area contributed by atoms with Crippen molar-refractivity contribution in [2.24, 2.45) is 0 Å². The topological polar surface area (TPSA) is 48.1 Å². The normalized spacial score (nSPS) is 10.6. The van der Waals surface area contributed by atoms with E-state index in [9.17, 15) is 0 Å². The molecule has 0 saturated carbocycles. The summed E-state index contributed by atoms with van der Waals surface area (Å²) in [6.07, 6.45) is 1.72. The first-order chi connectivity index (χ1) is 9.20. The maximum absolute atomic E-state index is 5.81. The van der Waals surface area contributed by atoms with Crippen LogP contribution in [-0.2, 0) is 0 Å². The second-order valence-electron chi connectivity index (χ2n) is 4.55. The van der Waals surface area contributed by atoms with E-state index < -0.39 is 0 Å². The van der Waals surface area contributed by atoms with Crippen LogP contribution in [0.4, 0.5) is 5.69 Å². The highest BCUT2D eigenvalue weighted by Crippen LogP contribution is 2.26. The number of nitrogens with zero attached hydrogens (tertiary/aromatic N) is 1. The first-order valence-electron chi connectivity index (χ1n) is 6.10. The van der Waals surface area contributed by atoms with E-state index in [-0.39, 0.29) is 0 Å². The number of nitrogen functional groups attached to an aromatic ring is 1. The number of aromatic nitrogens is 1. The van der Waals surface area contributed by atoms with Crippen LogP contribution in [0.3, 0.4) is 0 Å². The van der Waals surface area contributed by atoms with Crippen molar-refractivity contribution in [3.8, 4) is 11.5 Å². The van der Waals surface area contributed by atoms with Crippen LogP contribution in [0.1, 0.15) is 5.56 Å². The minimum Gasteiger partial charge on any atom is -0.456 e. The minimum atomic E-state index is 0.698. The lowest BCUT2D eigenvalue weighted by atomic mass is 10.2. The summed E-state index contributed by atoms with van der Waals surface area (Å²) in [5.74, 6) is 1.44. The van der Waals surface area contributed by atoms with Crippen LogP contribution in [0.15, 0.2) is 54.7 Å². The molecule has 3 aromatic rings. The second-order valence-corrected chi connectivity index (χ2v) is 4.55. The van der Waals surface area contributed by atoms with Crippen molar-refractivity contribution in [3.63, 3.8) is 0 Å². The molecule has 0 spiro atoms. The molecule has 0 aliphatic rings. The van der Waals surface area contributed by atoms with Crippen LogP contribution in [0.25, 0.3) is 10.9 Å². The van der Waals surface area contributed by atoms with Gasteiger partial charge in [0.1, 0.15) is 11.5 Å². The molecule has 1 heterocycles. The highest BCUT2D eigenvalue weighted by molar-refractivity contribution is 5.79. The Balaban J connectivity index is 1.96. The van der Waals surface area contributed by atoms with Gasteiger partial charge >= 0.3 is 0 Å². The number of hydrogen-bond donors (Lipinski definition) is 1. The number of rotatable bonds is 2. The van der Waals surface area contributed by atoms with Crippen molar-refractivity contribution in [2.75, 3.05) is 5.73 Å². The minimum absolute atomic E-state index is 0.698. The zero-order valence-electron chi connectivity index (χ0n) is 10.6. The van der Waals surface area contributed by atoms with E-state index in [0.29, 0.717) is 11.4 Å². The molecule has 19 heavy (non-hydrogen) atoms. The molecular weight excluding hydrogens is 236 g/mol. The van der Waals surface area contributed by atoms with E-state index >= 15 is 0 Å². The molecule has 94 valence electrons. The molecule has 0 aliphatic heterocycles. The third-order valence-electron chi connectivity index (χ3n) is 2.87. The van der Waals surface area contributed by atoms with Gasteiger partial charge in [0.05, 0.1) is 11.7 Å². The summed E-state index contributed by atoms with van der Waals surface area (Å²) < 4.78 is 5.81. The number of hydrogen-bond acceptors (Lipinski definition) is 3. The van der Waals surface area contributed by atoms with Gasteiger partial charge < -0.3 is 10.5 Å². The molecule has 0 unspecified atom stereocenters. The smallest absolute Gasteiger partial charge is 0.146 e. The van der Waals surface area contributed by atoms with Crippen molar-refractivity contribution in [1.29, 1.82) is 0 Å². The third kappa shape index (κ3) is 2.50. The van der Waals surface area contributed by atoms with Crippen molar-refractivity contribution < 1.29 is 4.74 Å². The number of ether oxygens (including phenoxy) is 1. The van der Waals surface area contributed by atoms with Gasteiger partial charge in [-0.1, -0.05) is 18.2 Å². The fourth-order valence-electron chi connectivity index (χ4n) is 2.08. The molecule has 2 N–H and O–H groups in total. The average molecular weight is 250 g/mol. The Kier molecular flexibility index (Phi) is 2.80. The summed E-state index contributed by atoms with van der Waals surface area (Å²) >= 11 is 0. The molecule has 0 radical (unpaired) electrons. The van der Waals surface area contributed by atoms with Gasteiger partial charge in [-0.2, -0.15) is 0 Å². The van der Waals surface area contributed by atoms with Gasteiger partial charge in [-0.25, -0.2) is 0 Å². The summed E-state index contributed by atoms with van der Waals surface area (Å²) in [7, 11) is 0. The van der Waals surface area contributed by atoms with Gasteiger partial charge in [0.2, 0.25) is 0 Å². The Morgan fingerprint density at radius 1 is 1.00 bits per heavy atom. The Labute approximate surface area is 111 Å².